The molecule has 1 heterocycles. The third-order valence-corrected chi connectivity index (χ3v) is 7.55. The molecule has 3 aromatic rings. The number of thioether (sulfide) groups is 1. The van der Waals surface area contributed by atoms with Gasteiger partial charge in [-0.15, -0.1) is 0 Å². The molecule has 202 valence electrons. The minimum atomic E-state index is -1.38. The standard InChI is InChI=1S/C22H28ClN3O3S2.C3H4O3/c23-17-5-2-1-4-15(17)8-10-24-9-3-12-30-13-11-25-14-19(28)16-6-7-18(27)20-21(16)31-22(29)26-20;1-2(4)3(5)6/h1-2,4-7,19,24-25,27-28H,3,8-14H2,(H,26,29);1H3,(H,5,6)/t19-;/m0./s1. The maximum absolute atomic E-state index is 11.6. The van der Waals surface area contributed by atoms with Gasteiger partial charge in [-0.25, -0.2) is 4.79 Å². The number of aliphatic carboxylic acids is 1. The van der Waals surface area contributed by atoms with Gasteiger partial charge in [0.05, 0.1) is 10.8 Å². The first kappa shape index (κ1) is 30.8. The lowest BCUT2D eigenvalue weighted by Crippen LogP contribution is -2.24. The van der Waals surface area contributed by atoms with Gasteiger partial charge < -0.3 is 30.9 Å². The van der Waals surface area contributed by atoms with Crippen LogP contribution in [0.2, 0.25) is 5.02 Å². The van der Waals surface area contributed by atoms with Gasteiger partial charge in [-0.3, -0.25) is 9.59 Å². The number of halogens is 1. The number of benzene rings is 2. The quantitative estimate of drug-likeness (QED) is 0.127. The Morgan fingerprint density at radius 1 is 1.11 bits per heavy atom. The van der Waals surface area contributed by atoms with E-state index in [1.54, 1.807) is 6.07 Å². The molecular formula is C25H32ClN3O6S2. The zero-order valence-corrected chi connectivity index (χ0v) is 22.8. The Morgan fingerprint density at radius 2 is 1.84 bits per heavy atom. The highest BCUT2D eigenvalue weighted by Gasteiger charge is 2.15. The van der Waals surface area contributed by atoms with Crippen molar-refractivity contribution >= 4 is 56.7 Å². The summed E-state index contributed by atoms with van der Waals surface area (Å²) in [6.07, 6.45) is 1.31. The summed E-state index contributed by atoms with van der Waals surface area (Å²) in [6, 6.07) is 11.1. The van der Waals surface area contributed by atoms with Crippen molar-refractivity contribution in [1.82, 2.24) is 15.6 Å². The SMILES string of the molecule is CC(=O)C(=O)O.O=c1[nH]c2c(O)ccc([C@@H](O)CNCCSCCCNCCc3ccccc3Cl)c2s1. The first-order valence-corrected chi connectivity index (χ1v) is 14.0. The highest BCUT2D eigenvalue weighted by Crippen LogP contribution is 2.31. The van der Waals surface area contributed by atoms with E-state index >= 15 is 0 Å². The number of carboxylic acids is 1. The number of Topliss-reactive ketones (excluding diaryl/α,β-unsaturated/α-hetero) is 1. The van der Waals surface area contributed by atoms with Gasteiger partial charge in [0.2, 0.25) is 5.78 Å². The van der Waals surface area contributed by atoms with E-state index in [1.165, 1.54) is 11.6 Å². The summed E-state index contributed by atoms with van der Waals surface area (Å²) in [7, 11) is 0. The molecule has 0 aliphatic carbocycles. The van der Waals surface area contributed by atoms with Crippen molar-refractivity contribution in [3.63, 3.8) is 0 Å². The molecular weight excluding hydrogens is 538 g/mol. The fourth-order valence-electron chi connectivity index (χ4n) is 3.25. The number of aliphatic hydroxyl groups is 1. The fraction of sp³-hybridized carbons (Fsp3) is 0.400. The predicted molar refractivity (Wildman–Crippen MR) is 150 cm³/mol. The summed E-state index contributed by atoms with van der Waals surface area (Å²) in [4.78, 5) is 32.8. The molecule has 1 aromatic heterocycles. The van der Waals surface area contributed by atoms with Gasteiger partial charge in [0.25, 0.3) is 0 Å². The second kappa shape index (κ2) is 16.4. The Kier molecular flexibility index (Phi) is 13.7. The molecule has 2 aromatic carbocycles. The van der Waals surface area contributed by atoms with Crippen molar-refractivity contribution in [2.24, 2.45) is 0 Å². The van der Waals surface area contributed by atoms with Gasteiger partial charge in [-0.1, -0.05) is 47.2 Å². The molecule has 6 N–H and O–H groups in total. The van der Waals surface area contributed by atoms with E-state index in [2.05, 4.69) is 21.7 Å². The molecule has 0 saturated heterocycles. The average Bonchev–Trinajstić information content (AvgIpc) is 3.26. The molecule has 37 heavy (non-hydrogen) atoms. The van der Waals surface area contributed by atoms with E-state index in [-0.39, 0.29) is 10.6 Å². The third-order valence-electron chi connectivity index (χ3n) is 5.18. The molecule has 0 aliphatic rings. The molecule has 0 bridgehead atoms. The zero-order chi connectivity index (χ0) is 27.2. The minimum absolute atomic E-state index is 0.0204. The summed E-state index contributed by atoms with van der Waals surface area (Å²) in [5, 5.41) is 35.5. The fourth-order valence-corrected chi connectivity index (χ4v) is 5.23. The molecule has 0 spiro atoms. The minimum Gasteiger partial charge on any atom is -0.506 e. The van der Waals surface area contributed by atoms with E-state index in [0.29, 0.717) is 22.3 Å². The predicted octanol–water partition coefficient (Wildman–Crippen LogP) is 3.19. The number of hydrogen-bond acceptors (Lipinski definition) is 9. The summed E-state index contributed by atoms with van der Waals surface area (Å²) in [5.74, 6) is -0.134. The van der Waals surface area contributed by atoms with Crippen LogP contribution in [-0.2, 0) is 16.0 Å². The van der Waals surface area contributed by atoms with E-state index in [1.807, 2.05) is 30.0 Å². The van der Waals surface area contributed by atoms with Crippen LogP contribution >= 0.6 is 34.7 Å². The van der Waals surface area contributed by atoms with Gasteiger partial charge in [-0.05, 0) is 49.4 Å². The number of thiazole rings is 1. The number of hydrogen-bond donors (Lipinski definition) is 6. The smallest absolute Gasteiger partial charge is 0.371 e. The molecule has 9 nitrogen and oxygen atoms in total. The number of aromatic nitrogens is 1. The van der Waals surface area contributed by atoms with Crippen molar-refractivity contribution in [2.45, 2.75) is 25.9 Å². The van der Waals surface area contributed by atoms with E-state index in [9.17, 15) is 24.6 Å². The monoisotopic (exact) mass is 569 g/mol. The van der Waals surface area contributed by atoms with Crippen molar-refractivity contribution in [3.8, 4) is 5.75 Å². The molecule has 1 atom stereocenters. The first-order chi connectivity index (χ1) is 17.7. The molecule has 3 rings (SSSR count). The molecule has 0 saturated carbocycles. The van der Waals surface area contributed by atoms with E-state index < -0.39 is 17.9 Å². The van der Waals surface area contributed by atoms with Gasteiger partial charge in [-0.2, -0.15) is 11.8 Å². The Balaban J connectivity index is 0.000000717. The van der Waals surface area contributed by atoms with Gasteiger partial charge >= 0.3 is 10.8 Å². The van der Waals surface area contributed by atoms with Gasteiger partial charge in [0, 0.05) is 36.4 Å². The van der Waals surface area contributed by atoms with E-state index in [0.717, 1.165) is 67.3 Å². The number of carbonyl (C=O) groups excluding carboxylic acids is 1. The Hall–Kier alpha value is -2.41. The lowest BCUT2D eigenvalue weighted by atomic mass is 10.1. The average molecular weight is 570 g/mol. The molecule has 0 fully saturated rings. The van der Waals surface area contributed by atoms with Crippen LogP contribution < -0.4 is 15.5 Å². The van der Waals surface area contributed by atoms with Crippen LogP contribution in [0.4, 0.5) is 0 Å². The summed E-state index contributed by atoms with van der Waals surface area (Å²) in [6.45, 7) is 4.11. The maximum Gasteiger partial charge on any atom is 0.371 e. The number of fused-ring (bicyclic) bond motifs is 1. The van der Waals surface area contributed by atoms with Crippen LogP contribution in [0.5, 0.6) is 5.75 Å². The third kappa shape index (κ3) is 10.8. The first-order valence-electron chi connectivity index (χ1n) is 11.7. The summed E-state index contributed by atoms with van der Waals surface area (Å²) in [5.41, 5.74) is 2.22. The van der Waals surface area contributed by atoms with Crippen molar-refractivity contribution in [2.75, 3.05) is 37.7 Å². The van der Waals surface area contributed by atoms with Gasteiger partial charge in [0.15, 0.2) is 0 Å². The number of aromatic hydroxyl groups is 1. The largest absolute Gasteiger partial charge is 0.506 e. The van der Waals surface area contributed by atoms with Crippen LogP contribution in [0.25, 0.3) is 10.2 Å². The van der Waals surface area contributed by atoms with Crippen LogP contribution in [0.3, 0.4) is 0 Å². The summed E-state index contributed by atoms with van der Waals surface area (Å²) >= 11 is 9.04. The summed E-state index contributed by atoms with van der Waals surface area (Å²) < 4.78 is 0.607. The number of phenols is 1. The normalized spacial score (nSPS) is 11.6. The van der Waals surface area contributed by atoms with Crippen molar-refractivity contribution in [1.29, 1.82) is 0 Å². The highest BCUT2D eigenvalue weighted by molar-refractivity contribution is 7.99. The zero-order valence-electron chi connectivity index (χ0n) is 20.5. The second-order valence-electron chi connectivity index (χ2n) is 8.03. The molecule has 0 unspecified atom stereocenters. The lowest BCUT2D eigenvalue weighted by molar-refractivity contribution is -0.148. The number of carboxylic acid groups (broad SMARTS) is 1. The number of H-pyrrole nitrogens is 1. The van der Waals surface area contributed by atoms with E-state index in [4.69, 9.17) is 16.7 Å². The van der Waals surface area contributed by atoms with Crippen LogP contribution in [0, 0.1) is 0 Å². The Labute approximate surface area is 228 Å². The number of nitrogens with one attached hydrogen (secondary N) is 3. The van der Waals surface area contributed by atoms with Gasteiger partial charge in [0.1, 0.15) is 11.3 Å². The number of carbonyl (C=O) groups is 2. The van der Waals surface area contributed by atoms with Crippen molar-refractivity contribution in [3.05, 3.63) is 62.2 Å². The number of ketones is 1. The molecule has 0 amide bonds. The highest BCUT2D eigenvalue weighted by atomic mass is 35.5. The number of aliphatic hydroxyl groups excluding tert-OH is 1. The Morgan fingerprint density at radius 3 is 2.54 bits per heavy atom. The maximum atomic E-state index is 11.6. The molecule has 0 radical (unpaired) electrons. The topological polar surface area (TPSA) is 152 Å². The number of rotatable bonds is 14. The lowest BCUT2D eigenvalue weighted by Gasteiger charge is -2.13. The molecule has 0 aliphatic heterocycles. The van der Waals surface area contributed by atoms with Crippen LogP contribution in [0.15, 0.2) is 41.2 Å². The second-order valence-corrected chi connectivity index (χ2v) is 10.6. The van der Waals surface area contributed by atoms with Crippen LogP contribution in [-0.4, -0.2) is 69.7 Å². The van der Waals surface area contributed by atoms with Crippen molar-refractivity contribution < 1.29 is 24.9 Å². The Bertz CT molecular complexity index is 1200. The van der Waals surface area contributed by atoms with Crippen LogP contribution in [0.1, 0.15) is 30.6 Å². The number of phenolic OH excluding ortho intramolecular Hbond substituents is 1. The number of aromatic amines is 1. The molecule has 12 heteroatoms.